The van der Waals surface area contributed by atoms with Crippen molar-refractivity contribution in [3.8, 4) is 0 Å². The van der Waals surface area contributed by atoms with Gasteiger partial charge in [-0.3, -0.25) is 14.4 Å². The average Bonchev–Trinajstić information content (AvgIpc) is 2.87. The van der Waals surface area contributed by atoms with Gasteiger partial charge in [0.2, 0.25) is 0 Å². The van der Waals surface area contributed by atoms with Crippen molar-refractivity contribution in [2.24, 2.45) is 7.05 Å². The van der Waals surface area contributed by atoms with E-state index in [-0.39, 0.29) is 5.91 Å². The number of halogens is 1. The number of carbonyl (C=O) groups is 1. The second-order valence-electron chi connectivity index (χ2n) is 6.26. The molecule has 6 nitrogen and oxygen atoms in total. The van der Waals surface area contributed by atoms with Crippen molar-refractivity contribution in [3.05, 3.63) is 51.8 Å². The number of hydrogen-bond acceptors (Lipinski definition) is 4. The SMILES string of the molecule is Cc1nn(C)c(Cl)c1C(=O)NCc1ccc(CN2CCOCC2)cc1. The molecule has 1 saturated heterocycles. The van der Waals surface area contributed by atoms with Crippen LogP contribution in [0.3, 0.4) is 0 Å². The smallest absolute Gasteiger partial charge is 0.256 e. The molecule has 1 aromatic heterocycles. The molecule has 0 saturated carbocycles. The third kappa shape index (κ3) is 4.39. The van der Waals surface area contributed by atoms with Crippen LogP contribution in [0.2, 0.25) is 5.15 Å². The molecule has 1 fully saturated rings. The van der Waals surface area contributed by atoms with Crippen LogP contribution in [0.15, 0.2) is 24.3 Å². The van der Waals surface area contributed by atoms with E-state index in [4.69, 9.17) is 16.3 Å². The standard InChI is InChI=1S/C18H23ClN4O2/c1-13-16(17(19)22(2)21-13)18(24)20-11-14-3-5-15(6-4-14)12-23-7-9-25-10-8-23/h3-6H,7-12H2,1-2H3,(H,20,24). The number of morpholine rings is 1. The van der Waals surface area contributed by atoms with E-state index in [1.54, 1.807) is 14.0 Å². The molecule has 1 aliphatic rings. The molecule has 0 atom stereocenters. The Morgan fingerprint density at radius 3 is 2.48 bits per heavy atom. The lowest BCUT2D eigenvalue weighted by molar-refractivity contribution is 0.0342. The number of aryl methyl sites for hydroxylation is 2. The van der Waals surface area contributed by atoms with Crippen molar-refractivity contribution in [1.82, 2.24) is 20.0 Å². The quantitative estimate of drug-likeness (QED) is 0.885. The molecule has 0 bridgehead atoms. The zero-order valence-electron chi connectivity index (χ0n) is 14.6. The van der Waals surface area contributed by atoms with E-state index in [2.05, 4.69) is 27.4 Å². The molecule has 2 aromatic rings. The Labute approximate surface area is 152 Å². The van der Waals surface area contributed by atoms with Gasteiger partial charge in [-0.1, -0.05) is 35.9 Å². The summed E-state index contributed by atoms with van der Waals surface area (Å²) < 4.78 is 6.87. The van der Waals surface area contributed by atoms with Crippen molar-refractivity contribution in [2.45, 2.75) is 20.0 Å². The van der Waals surface area contributed by atoms with E-state index in [9.17, 15) is 4.79 Å². The molecule has 134 valence electrons. The maximum Gasteiger partial charge on any atom is 0.256 e. The highest BCUT2D eigenvalue weighted by Gasteiger charge is 2.18. The first kappa shape index (κ1) is 17.9. The van der Waals surface area contributed by atoms with Gasteiger partial charge in [-0.05, 0) is 18.1 Å². The number of hydrogen-bond donors (Lipinski definition) is 1. The van der Waals surface area contributed by atoms with Crippen LogP contribution in [0.25, 0.3) is 0 Å². The molecule has 2 heterocycles. The molecular weight excluding hydrogens is 340 g/mol. The van der Waals surface area contributed by atoms with Gasteiger partial charge in [0.1, 0.15) is 5.15 Å². The van der Waals surface area contributed by atoms with Crippen LogP contribution in [-0.4, -0.2) is 46.9 Å². The lowest BCUT2D eigenvalue weighted by atomic mass is 10.1. The van der Waals surface area contributed by atoms with Gasteiger partial charge in [-0.2, -0.15) is 5.10 Å². The molecule has 1 amide bonds. The van der Waals surface area contributed by atoms with Crippen molar-refractivity contribution in [2.75, 3.05) is 26.3 Å². The summed E-state index contributed by atoms with van der Waals surface area (Å²) in [5, 5.41) is 7.43. The van der Waals surface area contributed by atoms with Crippen molar-refractivity contribution in [3.63, 3.8) is 0 Å². The number of nitrogens with zero attached hydrogens (tertiary/aromatic N) is 3. The van der Waals surface area contributed by atoms with E-state index < -0.39 is 0 Å². The Bertz CT molecular complexity index is 736. The number of benzene rings is 1. The first-order valence-corrected chi connectivity index (χ1v) is 8.77. The zero-order valence-corrected chi connectivity index (χ0v) is 15.3. The summed E-state index contributed by atoms with van der Waals surface area (Å²) in [7, 11) is 1.72. The number of ether oxygens (including phenoxy) is 1. The van der Waals surface area contributed by atoms with Crippen LogP contribution in [0, 0.1) is 6.92 Å². The number of nitrogens with one attached hydrogen (secondary N) is 1. The van der Waals surface area contributed by atoms with Gasteiger partial charge in [0.05, 0.1) is 24.5 Å². The van der Waals surface area contributed by atoms with E-state index in [1.165, 1.54) is 10.2 Å². The Hall–Kier alpha value is -1.89. The molecule has 1 aliphatic heterocycles. The lowest BCUT2D eigenvalue weighted by Gasteiger charge is -2.26. The van der Waals surface area contributed by atoms with Crippen molar-refractivity contribution < 1.29 is 9.53 Å². The fourth-order valence-corrected chi connectivity index (χ4v) is 3.20. The Kier molecular flexibility index (Phi) is 5.73. The normalized spacial score (nSPS) is 15.3. The predicted molar refractivity (Wildman–Crippen MR) is 96.7 cm³/mol. The number of rotatable bonds is 5. The molecule has 0 aliphatic carbocycles. The minimum Gasteiger partial charge on any atom is -0.379 e. The minimum atomic E-state index is -0.201. The highest BCUT2D eigenvalue weighted by molar-refractivity contribution is 6.33. The third-order valence-electron chi connectivity index (χ3n) is 4.37. The van der Waals surface area contributed by atoms with Gasteiger partial charge >= 0.3 is 0 Å². The summed E-state index contributed by atoms with van der Waals surface area (Å²) in [5.41, 5.74) is 3.39. The van der Waals surface area contributed by atoms with E-state index in [1.807, 2.05) is 12.1 Å². The van der Waals surface area contributed by atoms with Crippen molar-refractivity contribution >= 4 is 17.5 Å². The second-order valence-corrected chi connectivity index (χ2v) is 6.62. The molecular formula is C18H23ClN4O2. The maximum absolute atomic E-state index is 12.3. The monoisotopic (exact) mass is 362 g/mol. The molecule has 1 N–H and O–H groups in total. The van der Waals surface area contributed by atoms with Gasteiger partial charge < -0.3 is 10.1 Å². The molecule has 1 aromatic carbocycles. The summed E-state index contributed by atoms with van der Waals surface area (Å²) >= 11 is 6.13. The second kappa shape index (κ2) is 7.99. The topological polar surface area (TPSA) is 59.4 Å². The van der Waals surface area contributed by atoms with Gasteiger partial charge in [0, 0.05) is 33.2 Å². The summed E-state index contributed by atoms with van der Waals surface area (Å²) in [6.45, 7) is 6.73. The largest absolute Gasteiger partial charge is 0.379 e. The summed E-state index contributed by atoms with van der Waals surface area (Å²) in [6.07, 6.45) is 0. The van der Waals surface area contributed by atoms with Gasteiger partial charge in [-0.15, -0.1) is 0 Å². The maximum atomic E-state index is 12.3. The highest BCUT2D eigenvalue weighted by Crippen LogP contribution is 2.18. The number of amides is 1. The Balaban J connectivity index is 1.55. The van der Waals surface area contributed by atoms with E-state index in [0.717, 1.165) is 38.4 Å². The fourth-order valence-electron chi connectivity index (χ4n) is 2.94. The minimum absolute atomic E-state index is 0.201. The molecule has 0 unspecified atom stereocenters. The summed E-state index contributed by atoms with van der Waals surface area (Å²) in [5.74, 6) is -0.201. The van der Waals surface area contributed by atoms with Crippen molar-refractivity contribution in [1.29, 1.82) is 0 Å². The van der Waals surface area contributed by atoms with E-state index in [0.29, 0.717) is 23.0 Å². The third-order valence-corrected chi connectivity index (χ3v) is 4.80. The Morgan fingerprint density at radius 1 is 1.24 bits per heavy atom. The van der Waals surface area contributed by atoms with Crippen LogP contribution in [0.5, 0.6) is 0 Å². The molecule has 0 radical (unpaired) electrons. The van der Waals surface area contributed by atoms with Gasteiger partial charge in [0.25, 0.3) is 5.91 Å². The lowest BCUT2D eigenvalue weighted by Crippen LogP contribution is -2.35. The first-order chi connectivity index (χ1) is 12.0. The fraction of sp³-hybridized carbons (Fsp3) is 0.444. The first-order valence-electron chi connectivity index (χ1n) is 8.40. The van der Waals surface area contributed by atoms with E-state index >= 15 is 0 Å². The van der Waals surface area contributed by atoms with Crippen LogP contribution < -0.4 is 5.32 Å². The highest BCUT2D eigenvalue weighted by atomic mass is 35.5. The molecule has 25 heavy (non-hydrogen) atoms. The zero-order chi connectivity index (χ0) is 17.8. The van der Waals surface area contributed by atoms with Gasteiger partial charge in [0.15, 0.2) is 0 Å². The van der Waals surface area contributed by atoms with Crippen LogP contribution >= 0.6 is 11.6 Å². The predicted octanol–water partition coefficient (Wildman–Crippen LogP) is 2.14. The molecule has 0 spiro atoms. The molecule has 7 heteroatoms. The molecule has 3 rings (SSSR count). The van der Waals surface area contributed by atoms with Crippen LogP contribution in [0.4, 0.5) is 0 Å². The van der Waals surface area contributed by atoms with Crippen LogP contribution in [-0.2, 0) is 24.9 Å². The number of aromatic nitrogens is 2. The number of carbonyl (C=O) groups excluding carboxylic acids is 1. The van der Waals surface area contributed by atoms with Gasteiger partial charge in [-0.25, -0.2) is 0 Å². The Morgan fingerprint density at radius 2 is 1.88 bits per heavy atom. The van der Waals surface area contributed by atoms with Crippen LogP contribution in [0.1, 0.15) is 27.2 Å². The summed E-state index contributed by atoms with van der Waals surface area (Å²) in [6, 6.07) is 8.32. The average molecular weight is 363 g/mol. The summed E-state index contributed by atoms with van der Waals surface area (Å²) in [4.78, 5) is 14.7.